The van der Waals surface area contributed by atoms with Gasteiger partial charge in [0.15, 0.2) is 6.29 Å². The number of nitrogens with zero attached hydrogens (tertiary/aromatic N) is 1. The molecule has 6 heteroatoms. The summed E-state index contributed by atoms with van der Waals surface area (Å²) in [7, 11) is 1.55. The molecule has 0 aliphatic carbocycles. The smallest absolute Gasteiger partial charge is 0.270 e. The number of nitro benzene ring substituents is 1. The van der Waals surface area contributed by atoms with Crippen molar-refractivity contribution in [1.29, 1.82) is 0 Å². The van der Waals surface area contributed by atoms with Crippen molar-refractivity contribution >= 4 is 22.9 Å². The van der Waals surface area contributed by atoms with Gasteiger partial charge in [0.1, 0.15) is 5.75 Å². The van der Waals surface area contributed by atoms with Crippen LogP contribution in [0.2, 0.25) is 0 Å². The molecule has 1 N–H and O–H groups in total. The van der Waals surface area contributed by atoms with E-state index in [0.717, 1.165) is 17.2 Å². The molecule has 0 aliphatic heterocycles. The molecule has 1 aromatic heterocycles. The van der Waals surface area contributed by atoms with E-state index in [9.17, 15) is 14.9 Å². The number of carbonyl (C=O) groups excluding carboxylic acids is 1. The summed E-state index contributed by atoms with van der Waals surface area (Å²) in [6.07, 6.45) is 0.742. The van der Waals surface area contributed by atoms with Crippen molar-refractivity contribution in [2.75, 3.05) is 7.11 Å². The second-order valence-electron chi connectivity index (χ2n) is 4.75. The zero-order valence-electron chi connectivity index (χ0n) is 11.7. The Morgan fingerprint density at radius 1 is 1.23 bits per heavy atom. The Morgan fingerprint density at radius 3 is 2.73 bits per heavy atom. The molecule has 2 aromatic carbocycles. The highest BCUT2D eigenvalue weighted by Gasteiger charge is 2.15. The summed E-state index contributed by atoms with van der Waals surface area (Å²) in [4.78, 5) is 25.1. The second-order valence-corrected chi connectivity index (χ2v) is 4.75. The molecule has 0 bridgehead atoms. The van der Waals surface area contributed by atoms with Gasteiger partial charge in [-0.2, -0.15) is 0 Å². The molecule has 22 heavy (non-hydrogen) atoms. The first-order valence-corrected chi connectivity index (χ1v) is 6.53. The number of non-ortho nitro benzene ring substituents is 1. The second kappa shape index (κ2) is 5.33. The molecular formula is C16H12N2O4. The normalized spacial score (nSPS) is 10.6. The Hall–Kier alpha value is -3.15. The lowest BCUT2D eigenvalue weighted by molar-refractivity contribution is -0.384. The van der Waals surface area contributed by atoms with E-state index in [1.165, 1.54) is 12.1 Å². The van der Waals surface area contributed by atoms with Gasteiger partial charge in [0.25, 0.3) is 5.69 Å². The van der Waals surface area contributed by atoms with Crippen LogP contribution in [-0.4, -0.2) is 23.3 Å². The van der Waals surface area contributed by atoms with Crippen LogP contribution in [0.25, 0.3) is 22.2 Å². The average Bonchev–Trinajstić information content (AvgIpc) is 2.92. The molecule has 0 aliphatic rings. The van der Waals surface area contributed by atoms with E-state index in [1.807, 2.05) is 6.07 Å². The van der Waals surface area contributed by atoms with E-state index in [0.29, 0.717) is 22.6 Å². The summed E-state index contributed by atoms with van der Waals surface area (Å²) in [6, 6.07) is 11.5. The maximum Gasteiger partial charge on any atom is 0.270 e. The van der Waals surface area contributed by atoms with Crippen molar-refractivity contribution in [3.63, 3.8) is 0 Å². The number of methoxy groups -OCH3 is 1. The minimum atomic E-state index is -0.463. The largest absolute Gasteiger partial charge is 0.497 e. The highest BCUT2D eigenvalue weighted by molar-refractivity contribution is 6.04. The number of nitro groups is 1. The number of rotatable bonds is 4. The Kier molecular flexibility index (Phi) is 3.34. The molecular weight excluding hydrogens is 284 g/mol. The van der Waals surface area contributed by atoms with Crippen molar-refractivity contribution in [2.45, 2.75) is 0 Å². The van der Waals surface area contributed by atoms with Gasteiger partial charge in [-0.05, 0) is 18.2 Å². The summed E-state index contributed by atoms with van der Waals surface area (Å²) in [5.41, 5.74) is 2.35. The summed E-state index contributed by atoms with van der Waals surface area (Å²) >= 11 is 0. The van der Waals surface area contributed by atoms with Crippen molar-refractivity contribution in [1.82, 2.24) is 4.98 Å². The number of hydrogen-bond acceptors (Lipinski definition) is 4. The number of aldehydes is 1. The van der Waals surface area contributed by atoms with E-state index >= 15 is 0 Å². The van der Waals surface area contributed by atoms with E-state index in [4.69, 9.17) is 4.74 Å². The predicted molar refractivity (Wildman–Crippen MR) is 82.3 cm³/mol. The van der Waals surface area contributed by atoms with Crippen molar-refractivity contribution in [3.8, 4) is 17.0 Å². The van der Waals surface area contributed by atoms with Gasteiger partial charge >= 0.3 is 0 Å². The van der Waals surface area contributed by atoms with Gasteiger partial charge in [-0.25, -0.2) is 0 Å². The minimum Gasteiger partial charge on any atom is -0.497 e. The molecule has 0 amide bonds. The van der Waals surface area contributed by atoms with Gasteiger partial charge in [0, 0.05) is 34.2 Å². The lowest BCUT2D eigenvalue weighted by Gasteiger charge is -2.00. The van der Waals surface area contributed by atoms with E-state index in [-0.39, 0.29) is 5.69 Å². The van der Waals surface area contributed by atoms with Crippen LogP contribution in [-0.2, 0) is 0 Å². The van der Waals surface area contributed by atoms with Crippen LogP contribution >= 0.6 is 0 Å². The lowest BCUT2D eigenvalue weighted by atomic mass is 10.1. The third kappa shape index (κ3) is 2.20. The molecule has 0 saturated carbocycles. The van der Waals surface area contributed by atoms with E-state index < -0.39 is 4.92 Å². The Morgan fingerprint density at radius 2 is 2.05 bits per heavy atom. The molecule has 0 radical (unpaired) electrons. The van der Waals surface area contributed by atoms with Crippen LogP contribution < -0.4 is 4.74 Å². The number of aromatic nitrogens is 1. The summed E-state index contributed by atoms with van der Waals surface area (Å²) < 4.78 is 5.17. The lowest BCUT2D eigenvalue weighted by Crippen LogP contribution is -1.90. The van der Waals surface area contributed by atoms with E-state index in [1.54, 1.807) is 31.4 Å². The zero-order chi connectivity index (χ0) is 15.7. The predicted octanol–water partition coefficient (Wildman–Crippen LogP) is 3.56. The average molecular weight is 296 g/mol. The fourth-order valence-corrected chi connectivity index (χ4v) is 2.44. The van der Waals surface area contributed by atoms with Crippen LogP contribution in [0, 0.1) is 10.1 Å². The van der Waals surface area contributed by atoms with Gasteiger partial charge in [-0.3, -0.25) is 14.9 Å². The van der Waals surface area contributed by atoms with Gasteiger partial charge in [-0.15, -0.1) is 0 Å². The van der Waals surface area contributed by atoms with E-state index in [2.05, 4.69) is 4.98 Å². The number of ether oxygens (including phenoxy) is 1. The number of aromatic amines is 1. The van der Waals surface area contributed by atoms with Crippen LogP contribution in [0.1, 0.15) is 10.4 Å². The molecule has 0 fully saturated rings. The minimum absolute atomic E-state index is 0.0226. The summed E-state index contributed by atoms with van der Waals surface area (Å²) in [6.45, 7) is 0. The van der Waals surface area contributed by atoms with Crippen LogP contribution in [0.5, 0.6) is 5.75 Å². The topological polar surface area (TPSA) is 85.2 Å². The number of fused-ring (bicyclic) bond motifs is 1. The van der Waals surface area contributed by atoms with Crippen molar-refractivity contribution < 1.29 is 14.5 Å². The number of H-pyrrole nitrogens is 1. The number of carbonyl (C=O) groups is 1. The molecule has 0 saturated heterocycles. The van der Waals surface area contributed by atoms with Gasteiger partial charge < -0.3 is 9.72 Å². The molecule has 3 aromatic rings. The first kappa shape index (κ1) is 13.8. The molecule has 3 rings (SSSR count). The summed E-state index contributed by atoms with van der Waals surface area (Å²) in [5.74, 6) is 0.639. The maximum atomic E-state index is 11.5. The highest BCUT2D eigenvalue weighted by Crippen LogP contribution is 2.32. The van der Waals surface area contributed by atoms with Crippen LogP contribution in [0.3, 0.4) is 0 Å². The first-order chi connectivity index (χ1) is 10.6. The standard InChI is InChI=1S/C16H12N2O4/c1-22-12-5-6-15-13(8-12)14(9-19)16(17-15)10-3-2-4-11(7-10)18(20)21/h2-9,17H,1H3. The molecule has 0 unspecified atom stereocenters. The highest BCUT2D eigenvalue weighted by atomic mass is 16.6. The number of benzene rings is 2. The van der Waals surface area contributed by atoms with Crippen molar-refractivity contribution in [2.24, 2.45) is 0 Å². The molecule has 1 heterocycles. The molecule has 0 spiro atoms. The van der Waals surface area contributed by atoms with Gasteiger partial charge in [-0.1, -0.05) is 12.1 Å². The first-order valence-electron chi connectivity index (χ1n) is 6.53. The molecule has 0 atom stereocenters. The molecule has 6 nitrogen and oxygen atoms in total. The SMILES string of the molecule is COc1ccc2[nH]c(-c3cccc([N+](=O)[O-])c3)c(C=O)c2c1. The maximum absolute atomic E-state index is 11.5. The fourth-order valence-electron chi connectivity index (χ4n) is 2.44. The number of nitrogens with one attached hydrogen (secondary N) is 1. The third-order valence-electron chi connectivity index (χ3n) is 3.51. The zero-order valence-corrected chi connectivity index (χ0v) is 11.7. The van der Waals surface area contributed by atoms with Crippen molar-refractivity contribution in [3.05, 3.63) is 58.1 Å². The van der Waals surface area contributed by atoms with Crippen LogP contribution in [0.4, 0.5) is 5.69 Å². The summed E-state index contributed by atoms with van der Waals surface area (Å²) in [5, 5.41) is 11.6. The van der Waals surface area contributed by atoms with Gasteiger partial charge in [0.05, 0.1) is 17.7 Å². The Bertz CT molecular complexity index is 883. The third-order valence-corrected chi connectivity index (χ3v) is 3.51. The van der Waals surface area contributed by atoms with Gasteiger partial charge in [0.2, 0.25) is 0 Å². The van der Waals surface area contributed by atoms with Crippen LogP contribution in [0.15, 0.2) is 42.5 Å². The number of hydrogen-bond donors (Lipinski definition) is 1. The Balaban J connectivity index is 2.24. The fraction of sp³-hybridized carbons (Fsp3) is 0.0625. The monoisotopic (exact) mass is 296 g/mol. The Labute approximate surface area is 125 Å². The quantitative estimate of drug-likeness (QED) is 0.453. The molecule has 110 valence electrons.